The second kappa shape index (κ2) is 4.79. The molecule has 2 aromatic rings. The lowest BCUT2D eigenvalue weighted by Gasteiger charge is -2.00. The number of carboxylic acids is 1. The van der Waals surface area contributed by atoms with E-state index in [1.165, 1.54) is 0 Å². The number of rotatable bonds is 4. The van der Waals surface area contributed by atoms with E-state index < -0.39 is 18.4 Å². The van der Waals surface area contributed by atoms with Gasteiger partial charge in [-0.15, -0.1) is 0 Å². The molecule has 1 aromatic carbocycles. The van der Waals surface area contributed by atoms with Crippen molar-refractivity contribution in [2.24, 2.45) is 0 Å². The maximum Gasteiger partial charge on any atom is 0.322 e. The van der Waals surface area contributed by atoms with E-state index in [0.717, 1.165) is 5.39 Å². The maximum atomic E-state index is 11.7. The molecule has 0 radical (unpaired) electrons. The number of methoxy groups -OCH3 is 1. The van der Waals surface area contributed by atoms with Crippen molar-refractivity contribution >= 4 is 22.8 Å². The first-order chi connectivity index (χ1) is 8.61. The number of ether oxygens (including phenoxy) is 1. The summed E-state index contributed by atoms with van der Waals surface area (Å²) in [7, 11) is 1.54. The maximum absolute atomic E-state index is 11.7. The highest BCUT2D eigenvalue weighted by atomic mass is 16.5. The molecule has 18 heavy (non-hydrogen) atoms. The summed E-state index contributed by atoms with van der Waals surface area (Å²) < 4.78 is 5.16. The van der Waals surface area contributed by atoms with Gasteiger partial charge < -0.3 is 20.1 Å². The van der Waals surface area contributed by atoms with E-state index in [1.807, 2.05) is 12.1 Å². The summed E-state index contributed by atoms with van der Waals surface area (Å²) in [6.45, 7) is -0.411. The van der Waals surface area contributed by atoms with Crippen LogP contribution < -0.4 is 10.1 Å². The van der Waals surface area contributed by atoms with Crippen molar-refractivity contribution in [1.29, 1.82) is 0 Å². The lowest BCUT2D eigenvalue weighted by molar-refractivity contribution is -0.135. The van der Waals surface area contributed by atoms with Crippen molar-refractivity contribution in [3.05, 3.63) is 30.0 Å². The average molecular weight is 248 g/mol. The van der Waals surface area contributed by atoms with E-state index in [9.17, 15) is 9.59 Å². The number of fused-ring (bicyclic) bond motifs is 1. The monoisotopic (exact) mass is 248 g/mol. The lowest BCUT2D eigenvalue weighted by atomic mass is 10.2. The number of H-pyrrole nitrogens is 1. The third-order valence-corrected chi connectivity index (χ3v) is 2.48. The summed E-state index contributed by atoms with van der Waals surface area (Å²) in [5.74, 6) is -0.919. The van der Waals surface area contributed by atoms with Crippen LogP contribution in [0.4, 0.5) is 0 Å². The molecule has 2 rings (SSSR count). The van der Waals surface area contributed by atoms with Crippen LogP contribution in [0.15, 0.2) is 24.3 Å². The molecule has 0 fully saturated rings. The Hall–Kier alpha value is -2.50. The van der Waals surface area contributed by atoms with E-state index in [2.05, 4.69) is 10.3 Å². The van der Waals surface area contributed by atoms with Gasteiger partial charge in [0.1, 0.15) is 18.0 Å². The number of carbonyl (C=O) groups is 2. The molecule has 0 atom stereocenters. The second-order valence-corrected chi connectivity index (χ2v) is 3.68. The first-order valence-corrected chi connectivity index (χ1v) is 5.27. The van der Waals surface area contributed by atoms with Crippen LogP contribution in [0.5, 0.6) is 5.75 Å². The zero-order valence-corrected chi connectivity index (χ0v) is 9.69. The molecule has 0 spiro atoms. The average Bonchev–Trinajstić information content (AvgIpc) is 2.79. The molecule has 3 N–H and O–H groups in total. The minimum absolute atomic E-state index is 0.302. The SMILES string of the molecule is COc1cccc2cc(C(=O)NCC(=O)O)[nH]c12. The molecule has 1 heterocycles. The number of hydrogen-bond acceptors (Lipinski definition) is 3. The molecule has 0 saturated heterocycles. The van der Waals surface area contributed by atoms with Gasteiger partial charge in [0.05, 0.1) is 12.6 Å². The summed E-state index contributed by atoms with van der Waals surface area (Å²) in [5.41, 5.74) is 1.01. The van der Waals surface area contributed by atoms with Crippen LogP contribution in [0.3, 0.4) is 0 Å². The predicted octanol–water partition coefficient (Wildman–Crippen LogP) is 0.991. The number of aromatic amines is 1. The normalized spacial score (nSPS) is 10.3. The van der Waals surface area contributed by atoms with Crippen molar-refractivity contribution in [2.75, 3.05) is 13.7 Å². The van der Waals surface area contributed by atoms with Crippen LogP contribution in [-0.4, -0.2) is 35.6 Å². The zero-order chi connectivity index (χ0) is 13.1. The van der Waals surface area contributed by atoms with Gasteiger partial charge in [0.2, 0.25) is 0 Å². The highest BCUT2D eigenvalue weighted by Gasteiger charge is 2.12. The first-order valence-electron chi connectivity index (χ1n) is 5.27. The number of amides is 1. The van der Waals surface area contributed by atoms with Gasteiger partial charge in [-0.2, -0.15) is 0 Å². The van der Waals surface area contributed by atoms with Gasteiger partial charge in [-0.05, 0) is 12.1 Å². The molecule has 1 amide bonds. The number of aromatic nitrogens is 1. The highest BCUT2D eigenvalue weighted by molar-refractivity contribution is 6.00. The standard InChI is InChI=1S/C12H12N2O4/c1-18-9-4-2-3-7-5-8(14-11(7)9)12(17)13-6-10(15)16/h2-5,14H,6H2,1H3,(H,13,17)(H,15,16). The molecule has 0 bridgehead atoms. The van der Waals surface area contributed by atoms with Gasteiger partial charge in [0, 0.05) is 5.39 Å². The topological polar surface area (TPSA) is 91.4 Å². The van der Waals surface area contributed by atoms with Gasteiger partial charge in [-0.3, -0.25) is 9.59 Å². The number of hydrogen-bond donors (Lipinski definition) is 3. The molecule has 0 unspecified atom stereocenters. The Morgan fingerprint density at radius 2 is 2.22 bits per heavy atom. The minimum atomic E-state index is -1.09. The highest BCUT2D eigenvalue weighted by Crippen LogP contribution is 2.25. The van der Waals surface area contributed by atoms with E-state index >= 15 is 0 Å². The molecule has 0 saturated carbocycles. The molecule has 0 aliphatic rings. The largest absolute Gasteiger partial charge is 0.495 e. The Morgan fingerprint density at radius 3 is 2.89 bits per heavy atom. The van der Waals surface area contributed by atoms with Crippen LogP contribution >= 0.6 is 0 Å². The molecule has 0 aliphatic heterocycles. The number of para-hydroxylation sites is 1. The zero-order valence-electron chi connectivity index (χ0n) is 9.69. The third-order valence-electron chi connectivity index (χ3n) is 2.48. The predicted molar refractivity (Wildman–Crippen MR) is 64.8 cm³/mol. The van der Waals surface area contributed by atoms with Crippen LogP contribution in [0, 0.1) is 0 Å². The van der Waals surface area contributed by atoms with Gasteiger partial charge in [-0.1, -0.05) is 12.1 Å². The molecule has 6 heteroatoms. The molecule has 0 aliphatic carbocycles. The summed E-state index contributed by atoms with van der Waals surface area (Å²) in [5, 5.41) is 11.6. The van der Waals surface area contributed by atoms with Gasteiger partial charge in [0.25, 0.3) is 5.91 Å². The van der Waals surface area contributed by atoms with E-state index in [0.29, 0.717) is 17.0 Å². The van der Waals surface area contributed by atoms with E-state index in [1.54, 1.807) is 19.2 Å². The number of carboxylic acid groups (broad SMARTS) is 1. The number of nitrogens with one attached hydrogen (secondary N) is 2. The Morgan fingerprint density at radius 1 is 1.44 bits per heavy atom. The van der Waals surface area contributed by atoms with Crippen molar-refractivity contribution < 1.29 is 19.4 Å². The fourth-order valence-electron chi connectivity index (χ4n) is 1.67. The quantitative estimate of drug-likeness (QED) is 0.752. The van der Waals surface area contributed by atoms with Gasteiger partial charge in [0.15, 0.2) is 0 Å². The lowest BCUT2D eigenvalue weighted by Crippen LogP contribution is -2.29. The van der Waals surface area contributed by atoms with Crippen molar-refractivity contribution in [2.45, 2.75) is 0 Å². The fourth-order valence-corrected chi connectivity index (χ4v) is 1.67. The Labute approximate surface area is 103 Å². The van der Waals surface area contributed by atoms with Crippen LogP contribution in [-0.2, 0) is 4.79 Å². The van der Waals surface area contributed by atoms with Crippen molar-refractivity contribution in [3.8, 4) is 5.75 Å². The van der Waals surface area contributed by atoms with Gasteiger partial charge in [-0.25, -0.2) is 0 Å². The van der Waals surface area contributed by atoms with Gasteiger partial charge >= 0.3 is 5.97 Å². The summed E-state index contributed by atoms with van der Waals surface area (Å²) in [6, 6.07) is 7.07. The van der Waals surface area contributed by atoms with Crippen LogP contribution in [0.25, 0.3) is 10.9 Å². The Kier molecular flexibility index (Phi) is 3.18. The van der Waals surface area contributed by atoms with Crippen LogP contribution in [0.1, 0.15) is 10.5 Å². The molecule has 1 aromatic heterocycles. The molecular formula is C12H12N2O4. The van der Waals surface area contributed by atoms with Crippen molar-refractivity contribution in [3.63, 3.8) is 0 Å². The summed E-state index contributed by atoms with van der Waals surface area (Å²) in [4.78, 5) is 24.9. The second-order valence-electron chi connectivity index (χ2n) is 3.68. The van der Waals surface area contributed by atoms with Crippen molar-refractivity contribution in [1.82, 2.24) is 10.3 Å². The molecule has 94 valence electrons. The molecule has 6 nitrogen and oxygen atoms in total. The minimum Gasteiger partial charge on any atom is -0.495 e. The van der Waals surface area contributed by atoms with Crippen LogP contribution in [0.2, 0.25) is 0 Å². The van der Waals surface area contributed by atoms with E-state index in [-0.39, 0.29) is 0 Å². The fraction of sp³-hybridized carbons (Fsp3) is 0.167. The number of benzene rings is 1. The Balaban J connectivity index is 2.29. The number of carbonyl (C=O) groups excluding carboxylic acids is 1. The Bertz CT molecular complexity index is 603. The first kappa shape index (κ1) is 12.0. The smallest absolute Gasteiger partial charge is 0.322 e. The molecular weight excluding hydrogens is 236 g/mol. The summed E-state index contributed by atoms with van der Waals surface area (Å²) in [6.07, 6.45) is 0. The van der Waals surface area contributed by atoms with E-state index in [4.69, 9.17) is 9.84 Å². The third kappa shape index (κ3) is 2.27. The number of aliphatic carboxylic acids is 1. The summed E-state index contributed by atoms with van der Waals surface area (Å²) >= 11 is 0.